The van der Waals surface area contributed by atoms with Gasteiger partial charge in [0.15, 0.2) is 0 Å². The molecular formula is C37H23N5. The monoisotopic (exact) mass is 537 g/mol. The average molecular weight is 538 g/mol. The summed E-state index contributed by atoms with van der Waals surface area (Å²) >= 11 is 0. The van der Waals surface area contributed by atoms with Gasteiger partial charge < -0.3 is 0 Å². The normalized spacial score (nSPS) is 11.3. The SMILES string of the molecule is c1ccc(-c2cccc(-c3ccc(-c4ccc5ccc6c(-c7cccnc7)c7ccccc7nc6c5n4)cc3)n2)nc1. The van der Waals surface area contributed by atoms with Crippen molar-refractivity contribution in [2.75, 3.05) is 0 Å². The van der Waals surface area contributed by atoms with Crippen LogP contribution in [0.15, 0.2) is 140 Å². The molecule has 0 amide bonds. The Morgan fingerprint density at radius 2 is 1.17 bits per heavy atom. The Morgan fingerprint density at radius 3 is 1.98 bits per heavy atom. The fraction of sp³-hybridized carbons (Fsp3) is 0. The van der Waals surface area contributed by atoms with Crippen molar-refractivity contribution in [2.24, 2.45) is 0 Å². The van der Waals surface area contributed by atoms with Gasteiger partial charge in [-0.25, -0.2) is 15.0 Å². The van der Waals surface area contributed by atoms with E-state index in [1.807, 2.05) is 54.7 Å². The third-order valence-corrected chi connectivity index (χ3v) is 7.61. The third kappa shape index (κ3) is 4.16. The maximum absolute atomic E-state index is 5.17. The Morgan fingerprint density at radius 1 is 0.405 bits per heavy atom. The lowest BCUT2D eigenvalue weighted by Crippen LogP contribution is -1.93. The first-order valence-corrected chi connectivity index (χ1v) is 13.8. The van der Waals surface area contributed by atoms with Gasteiger partial charge in [-0.1, -0.05) is 78.9 Å². The third-order valence-electron chi connectivity index (χ3n) is 7.61. The molecule has 0 bridgehead atoms. The van der Waals surface area contributed by atoms with Crippen LogP contribution in [-0.4, -0.2) is 24.9 Å². The van der Waals surface area contributed by atoms with Gasteiger partial charge in [-0.2, -0.15) is 0 Å². The van der Waals surface area contributed by atoms with Gasteiger partial charge in [0.25, 0.3) is 0 Å². The molecule has 196 valence electrons. The second kappa shape index (κ2) is 9.98. The summed E-state index contributed by atoms with van der Waals surface area (Å²) in [4.78, 5) is 24.0. The Hall–Kier alpha value is -5.81. The van der Waals surface area contributed by atoms with Crippen molar-refractivity contribution < 1.29 is 0 Å². The van der Waals surface area contributed by atoms with Gasteiger partial charge in [-0.05, 0) is 42.5 Å². The van der Waals surface area contributed by atoms with Crippen LogP contribution in [0.4, 0.5) is 0 Å². The molecule has 8 aromatic rings. The number of pyridine rings is 5. The minimum absolute atomic E-state index is 0.853. The highest BCUT2D eigenvalue weighted by molar-refractivity contribution is 6.16. The summed E-state index contributed by atoms with van der Waals surface area (Å²) in [6, 6.07) is 41.1. The Kier molecular flexibility index (Phi) is 5.71. The summed E-state index contributed by atoms with van der Waals surface area (Å²) in [5, 5.41) is 3.22. The molecule has 0 N–H and O–H groups in total. The van der Waals surface area contributed by atoms with Gasteiger partial charge in [-0.15, -0.1) is 0 Å². The van der Waals surface area contributed by atoms with E-state index >= 15 is 0 Å². The molecule has 0 aliphatic carbocycles. The lowest BCUT2D eigenvalue weighted by molar-refractivity contribution is 1.25. The minimum atomic E-state index is 0.853. The summed E-state index contributed by atoms with van der Waals surface area (Å²) in [6.07, 6.45) is 5.50. The lowest BCUT2D eigenvalue weighted by Gasteiger charge is -2.13. The molecule has 0 saturated carbocycles. The zero-order chi connectivity index (χ0) is 27.9. The maximum Gasteiger partial charge on any atom is 0.0978 e. The number of aromatic nitrogens is 5. The summed E-state index contributed by atoms with van der Waals surface area (Å²) in [7, 11) is 0. The predicted octanol–water partition coefficient (Wildman–Crippen LogP) is 8.79. The van der Waals surface area contributed by atoms with Crippen LogP contribution in [0.25, 0.3) is 77.7 Å². The highest BCUT2D eigenvalue weighted by atomic mass is 14.8. The molecule has 8 rings (SSSR count). The molecule has 42 heavy (non-hydrogen) atoms. The van der Waals surface area contributed by atoms with Gasteiger partial charge in [-0.3, -0.25) is 9.97 Å². The molecule has 0 atom stereocenters. The van der Waals surface area contributed by atoms with Crippen molar-refractivity contribution in [1.82, 2.24) is 24.9 Å². The topological polar surface area (TPSA) is 64.5 Å². The van der Waals surface area contributed by atoms with Crippen LogP contribution in [0.3, 0.4) is 0 Å². The van der Waals surface area contributed by atoms with E-state index in [1.165, 1.54) is 0 Å². The van der Waals surface area contributed by atoms with Crippen LogP contribution in [0, 0.1) is 0 Å². The molecule has 5 heteroatoms. The molecule has 0 fully saturated rings. The standard InChI is InChI=1S/C37H23N5/c1-2-9-32-28(8-1)35(27-7-6-21-38-23-27)29-19-17-26-18-20-31(41-36(26)37(29)42-32)25-15-13-24(14-16-25)30-11-5-12-34(40-30)33-10-3-4-22-39-33/h1-23H. The van der Waals surface area contributed by atoms with E-state index in [2.05, 4.69) is 82.8 Å². The first-order chi connectivity index (χ1) is 20.8. The fourth-order valence-corrected chi connectivity index (χ4v) is 5.58. The van der Waals surface area contributed by atoms with Crippen molar-refractivity contribution >= 4 is 32.7 Å². The van der Waals surface area contributed by atoms with Gasteiger partial charge in [0, 0.05) is 57.0 Å². The van der Waals surface area contributed by atoms with E-state index in [0.29, 0.717) is 0 Å². The molecule has 5 heterocycles. The van der Waals surface area contributed by atoms with E-state index in [9.17, 15) is 0 Å². The summed E-state index contributed by atoms with van der Waals surface area (Å²) in [5.41, 5.74) is 10.5. The molecule has 0 aliphatic heterocycles. The van der Waals surface area contributed by atoms with Crippen LogP contribution in [0.5, 0.6) is 0 Å². The lowest BCUT2D eigenvalue weighted by atomic mass is 9.96. The van der Waals surface area contributed by atoms with E-state index in [4.69, 9.17) is 15.0 Å². The molecule has 0 saturated heterocycles. The second-order valence-corrected chi connectivity index (χ2v) is 10.2. The van der Waals surface area contributed by atoms with Crippen molar-refractivity contribution in [3.8, 4) is 45.0 Å². The number of nitrogens with zero attached hydrogens (tertiary/aromatic N) is 5. The van der Waals surface area contributed by atoms with Crippen LogP contribution in [-0.2, 0) is 0 Å². The van der Waals surface area contributed by atoms with E-state index < -0.39 is 0 Å². The van der Waals surface area contributed by atoms with Crippen LogP contribution < -0.4 is 0 Å². The van der Waals surface area contributed by atoms with E-state index in [-0.39, 0.29) is 0 Å². The van der Waals surface area contributed by atoms with Crippen molar-refractivity contribution in [1.29, 1.82) is 0 Å². The van der Waals surface area contributed by atoms with Crippen molar-refractivity contribution in [2.45, 2.75) is 0 Å². The fourth-order valence-electron chi connectivity index (χ4n) is 5.58. The summed E-state index contributed by atoms with van der Waals surface area (Å²) in [5.74, 6) is 0. The van der Waals surface area contributed by atoms with Crippen molar-refractivity contribution in [3.05, 3.63) is 140 Å². The number of hydrogen-bond acceptors (Lipinski definition) is 5. The number of para-hydroxylation sites is 1. The maximum atomic E-state index is 5.17. The first-order valence-electron chi connectivity index (χ1n) is 13.8. The predicted molar refractivity (Wildman–Crippen MR) is 170 cm³/mol. The van der Waals surface area contributed by atoms with Gasteiger partial charge in [0.1, 0.15) is 0 Å². The molecule has 5 aromatic heterocycles. The van der Waals surface area contributed by atoms with Crippen LogP contribution in [0.2, 0.25) is 0 Å². The molecule has 0 aliphatic rings. The average Bonchev–Trinajstić information content (AvgIpc) is 3.08. The molecule has 3 aromatic carbocycles. The molecule has 0 spiro atoms. The molecular weight excluding hydrogens is 514 g/mol. The largest absolute Gasteiger partial charge is 0.264 e. The van der Waals surface area contributed by atoms with Gasteiger partial charge in [0.05, 0.1) is 39.3 Å². The van der Waals surface area contributed by atoms with Crippen molar-refractivity contribution in [3.63, 3.8) is 0 Å². The number of benzene rings is 3. The Labute approximate surface area is 242 Å². The zero-order valence-corrected chi connectivity index (χ0v) is 22.5. The summed E-state index contributed by atoms with van der Waals surface area (Å²) < 4.78 is 0. The second-order valence-electron chi connectivity index (χ2n) is 10.2. The quantitative estimate of drug-likeness (QED) is 0.166. The van der Waals surface area contributed by atoms with E-state index in [1.54, 1.807) is 12.4 Å². The minimum Gasteiger partial charge on any atom is -0.264 e. The number of hydrogen-bond donors (Lipinski definition) is 0. The first kappa shape index (κ1) is 24.0. The van der Waals surface area contributed by atoms with Crippen LogP contribution in [0.1, 0.15) is 0 Å². The number of rotatable bonds is 4. The molecule has 0 radical (unpaired) electrons. The number of fused-ring (bicyclic) bond motifs is 4. The van der Waals surface area contributed by atoms with Crippen LogP contribution >= 0.6 is 0 Å². The smallest absolute Gasteiger partial charge is 0.0978 e. The van der Waals surface area contributed by atoms with E-state index in [0.717, 1.165) is 77.7 Å². The Balaban J connectivity index is 1.24. The van der Waals surface area contributed by atoms with Gasteiger partial charge >= 0.3 is 0 Å². The zero-order valence-electron chi connectivity index (χ0n) is 22.5. The highest BCUT2D eigenvalue weighted by Crippen LogP contribution is 2.37. The highest BCUT2D eigenvalue weighted by Gasteiger charge is 2.15. The molecule has 0 unspecified atom stereocenters. The summed E-state index contributed by atoms with van der Waals surface area (Å²) in [6.45, 7) is 0. The molecule has 5 nitrogen and oxygen atoms in total. The Bertz CT molecular complexity index is 2230. The van der Waals surface area contributed by atoms with Gasteiger partial charge in [0.2, 0.25) is 0 Å².